The molecule has 1 fully saturated rings. The lowest BCUT2D eigenvalue weighted by atomic mass is 10.0. The van der Waals surface area contributed by atoms with Crippen molar-refractivity contribution in [2.75, 3.05) is 5.73 Å². The third-order valence-corrected chi connectivity index (χ3v) is 3.56. The highest BCUT2D eigenvalue weighted by atomic mass is 16.1. The molecule has 0 spiro atoms. The number of hydrogen-bond acceptors (Lipinski definition) is 5. The highest BCUT2D eigenvalue weighted by Gasteiger charge is 2.21. The van der Waals surface area contributed by atoms with Gasteiger partial charge in [0.05, 0.1) is 5.56 Å². The number of nitrogens with two attached hydrogens (primary N) is 1. The average molecular weight is 272 g/mol. The lowest BCUT2D eigenvalue weighted by Crippen LogP contribution is -2.32. The number of tetrazole rings is 1. The second kappa shape index (κ2) is 5.28. The van der Waals surface area contributed by atoms with Gasteiger partial charge in [0.25, 0.3) is 5.91 Å². The second-order valence-electron chi connectivity index (χ2n) is 5.00. The molecule has 1 heterocycles. The number of amides is 1. The fourth-order valence-corrected chi connectivity index (χ4v) is 2.55. The van der Waals surface area contributed by atoms with Crippen molar-refractivity contribution in [3.8, 4) is 11.4 Å². The van der Waals surface area contributed by atoms with E-state index in [4.69, 9.17) is 5.73 Å². The predicted octanol–water partition coefficient (Wildman–Crippen LogP) is 1.12. The number of carbonyl (C=O) groups is 1. The van der Waals surface area contributed by atoms with Gasteiger partial charge in [-0.15, -0.1) is 10.2 Å². The molecule has 0 saturated heterocycles. The number of nitrogen functional groups attached to an aromatic ring is 1. The molecule has 0 aliphatic heterocycles. The molecule has 1 saturated carbocycles. The molecule has 2 aromatic rings. The molecule has 7 nitrogen and oxygen atoms in total. The van der Waals surface area contributed by atoms with Crippen molar-refractivity contribution in [1.82, 2.24) is 25.9 Å². The Morgan fingerprint density at radius 2 is 2.15 bits per heavy atom. The summed E-state index contributed by atoms with van der Waals surface area (Å²) in [6.45, 7) is 0. The number of aromatic amines is 1. The van der Waals surface area contributed by atoms with E-state index in [2.05, 4.69) is 25.9 Å². The van der Waals surface area contributed by atoms with Gasteiger partial charge in [-0.25, -0.2) is 0 Å². The monoisotopic (exact) mass is 272 g/mol. The number of nitrogens with zero attached hydrogens (tertiary/aromatic N) is 3. The first-order valence-corrected chi connectivity index (χ1v) is 6.68. The lowest BCUT2D eigenvalue weighted by molar-refractivity contribution is 0.0938. The average Bonchev–Trinajstić information content (AvgIpc) is 3.11. The number of anilines is 1. The third kappa shape index (κ3) is 2.47. The minimum atomic E-state index is -0.114. The number of carbonyl (C=O) groups excluding carboxylic acids is 1. The summed E-state index contributed by atoms with van der Waals surface area (Å²) in [5, 5.41) is 16.8. The number of hydrogen-bond donors (Lipinski definition) is 3. The van der Waals surface area contributed by atoms with Gasteiger partial charge in [-0.2, -0.15) is 5.21 Å². The molecule has 0 atom stereocenters. The van der Waals surface area contributed by atoms with Crippen LogP contribution in [0.1, 0.15) is 36.0 Å². The Morgan fingerprint density at radius 1 is 1.35 bits per heavy atom. The highest BCUT2D eigenvalue weighted by Crippen LogP contribution is 2.24. The van der Waals surface area contributed by atoms with Crippen molar-refractivity contribution >= 4 is 11.6 Å². The van der Waals surface area contributed by atoms with Gasteiger partial charge in [-0.1, -0.05) is 12.8 Å². The van der Waals surface area contributed by atoms with E-state index in [1.165, 1.54) is 12.8 Å². The van der Waals surface area contributed by atoms with Crippen LogP contribution < -0.4 is 11.1 Å². The molecule has 1 amide bonds. The Labute approximate surface area is 115 Å². The summed E-state index contributed by atoms with van der Waals surface area (Å²) in [7, 11) is 0. The van der Waals surface area contributed by atoms with Crippen molar-refractivity contribution in [3.05, 3.63) is 23.8 Å². The third-order valence-electron chi connectivity index (χ3n) is 3.56. The van der Waals surface area contributed by atoms with Gasteiger partial charge >= 0.3 is 0 Å². The molecule has 20 heavy (non-hydrogen) atoms. The van der Waals surface area contributed by atoms with Gasteiger partial charge in [-0.05, 0) is 36.3 Å². The topological polar surface area (TPSA) is 110 Å². The summed E-state index contributed by atoms with van der Waals surface area (Å²) in [6.07, 6.45) is 4.42. The molecule has 0 radical (unpaired) electrons. The summed E-state index contributed by atoms with van der Waals surface area (Å²) in [5.41, 5.74) is 7.45. The van der Waals surface area contributed by atoms with E-state index in [0.717, 1.165) is 12.8 Å². The Balaban J connectivity index is 1.90. The van der Waals surface area contributed by atoms with Crippen LogP contribution in [-0.4, -0.2) is 32.6 Å². The second-order valence-corrected chi connectivity index (χ2v) is 5.00. The number of benzene rings is 1. The lowest BCUT2D eigenvalue weighted by Gasteiger charge is -2.13. The standard InChI is InChI=1S/C13H16N6O/c14-8-5-6-10(11(7-8)12-16-18-19-17-12)13(20)15-9-3-1-2-4-9/h5-7,9H,1-4,14H2,(H,15,20)(H,16,17,18,19). The predicted molar refractivity (Wildman–Crippen MR) is 73.7 cm³/mol. The van der Waals surface area contributed by atoms with Crippen LogP contribution in [0.4, 0.5) is 5.69 Å². The molecule has 0 bridgehead atoms. The van der Waals surface area contributed by atoms with Gasteiger partial charge in [-0.3, -0.25) is 4.79 Å². The van der Waals surface area contributed by atoms with Crippen molar-refractivity contribution in [2.45, 2.75) is 31.7 Å². The maximum absolute atomic E-state index is 12.4. The summed E-state index contributed by atoms with van der Waals surface area (Å²) in [6, 6.07) is 5.35. The summed E-state index contributed by atoms with van der Waals surface area (Å²) in [4.78, 5) is 12.4. The Kier molecular flexibility index (Phi) is 3.32. The smallest absolute Gasteiger partial charge is 0.252 e. The van der Waals surface area contributed by atoms with E-state index in [0.29, 0.717) is 22.6 Å². The Bertz CT molecular complexity index is 603. The van der Waals surface area contributed by atoms with Crippen LogP contribution in [0.25, 0.3) is 11.4 Å². The van der Waals surface area contributed by atoms with Crippen molar-refractivity contribution in [2.24, 2.45) is 0 Å². The van der Waals surface area contributed by atoms with Gasteiger partial charge in [0.2, 0.25) is 5.82 Å². The zero-order chi connectivity index (χ0) is 13.9. The summed E-state index contributed by atoms with van der Waals surface area (Å²) >= 11 is 0. The molecule has 0 unspecified atom stereocenters. The summed E-state index contributed by atoms with van der Waals surface area (Å²) < 4.78 is 0. The number of nitrogens with one attached hydrogen (secondary N) is 2. The molecule has 1 aliphatic carbocycles. The van der Waals surface area contributed by atoms with E-state index >= 15 is 0 Å². The number of H-pyrrole nitrogens is 1. The zero-order valence-electron chi connectivity index (χ0n) is 11.0. The van der Waals surface area contributed by atoms with E-state index < -0.39 is 0 Å². The molecule has 1 aliphatic rings. The fourth-order valence-electron chi connectivity index (χ4n) is 2.55. The quantitative estimate of drug-likeness (QED) is 0.725. The molecule has 7 heteroatoms. The van der Waals surface area contributed by atoms with Crippen LogP contribution in [0.5, 0.6) is 0 Å². The molecule has 1 aromatic heterocycles. The van der Waals surface area contributed by atoms with E-state index in [9.17, 15) is 4.79 Å². The molecular formula is C13H16N6O. The highest BCUT2D eigenvalue weighted by molar-refractivity contribution is 6.00. The van der Waals surface area contributed by atoms with Gasteiger partial charge in [0, 0.05) is 17.3 Å². The van der Waals surface area contributed by atoms with Crippen LogP contribution in [0.15, 0.2) is 18.2 Å². The first-order valence-electron chi connectivity index (χ1n) is 6.68. The van der Waals surface area contributed by atoms with Gasteiger partial charge in [0.15, 0.2) is 0 Å². The summed E-state index contributed by atoms with van der Waals surface area (Å²) in [5.74, 6) is 0.255. The number of aromatic nitrogens is 4. The van der Waals surface area contributed by atoms with Crippen molar-refractivity contribution in [3.63, 3.8) is 0 Å². The Hall–Kier alpha value is -2.44. The van der Waals surface area contributed by atoms with Crippen LogP contribution >= 0.6 is 0 Å². The van der Waals surface area contributed by atoms with Gasteiger partial charge < -0.3 is 11.1 Å². The maximum atomic E-state index is 12.4. The van der Waals surface area contributed by atoms with Crippen molar-refractivity contribution < 1.29 is 4.79 Å². The minimum absolute atomic E-state index is 0.114. The minimum Gasteiger partial charge on any atom is -0.399 e. The van der Waals surface area contributed by atoms with Crippen LogP contribution in [0, 0.1) is 0 Å². The van der Waals surface area contributed by atoms with Crippen LogP contribution in [0.3, 0.4) is 0 Å². The van der Waals surface area contributed by atoms with Crippen LogP contribution in [-0.2, 0) is 0 Å². The van der Waals surface area contributed by atoms with E-state index in [-0.39, 0.29) is 11.9 Å². The van der Waals surface area contributed by atoms with Crippen molar-refractivity contribution in [1.29, 1.82) is 0 Å². The van der Waals surface area contributed by atoms with E-state index in [1.807, 2.05) is 0 Å². The molecule has 104 valence electrons. The SMILES string of the molecule is Nc1ccc(C(=O)NC2CCCC2)c(-c2nn[nH]n2)c1. The molecule has 3 rings (SSSR count). The van der Waals surface area contributed by atoms with Crippen LogP contribution in [0.2, 0.25) is 0 Å². The molecule has 4 N–H and O–H groups in total. The fraction of sp³-hybridized carbons (Fsp3) is 0.385. The molecule has 1 aromatic carbocycles. The molecular weight excluding hydrogens is 256 g/mol. The first kappa shape index (κ1) is 12.6. The van der Waals surface area contributed by atoms with Gasteiger partial charge in [0.1, 0.15) is 0 Å². The normalized spacial score (nSPS) is 15.4. The largest absolute Gasteiger partial charge is 0.399 e. The van der Waals surface area contributed by atoms with E-state index in [1.54, 1.807) is 18.2 Å². The maximum Gasteiger partial charge on any atom is 0.252 e. The zero-order valence-corrected chi connectivity index (χ0v) is 11.0. The Morgan fingerprint density at radius 3 is 2.85 bits per heavy atom. The first-order chi connectivity index (χ1) is 9.74. The number of rotatable bonds is 3.